The molecule has 0 aromatic heterocycles. The van der Waals surface area contributed by atoms with Crippen molar-refractivity contribution in [2.24, 2.45) is 0 Å². The number of allylic oxidation sites excluding steroid dienone is 7. The third kappa shape index (κ3) is 32.6. The third-order valence-corrected chi connectivity index (χ3v) is 7.88. The molecule has 0 saturated carbocycles. The second-order valence-corrected chi connectivity index (χ2v) is 13.3. The number of hydrogen-bond acceptors (Lipinski definition) is 9. The molecule has 282 valence electrons. The van der Waals surface area contributed by atoms with Gasteiger partial charge >= 0.3 is 19.8 Å². The Kier molecular flexibility index (Phi) is 30.1. The Morgan fingerprint density at radius 2 is 1.22 bits per heavy atom. The first-order valence-electron chi connectivity index (χ1n) is 17.9. The van der Waals surface area contributed by atoms with Crippen molar-refractivity contribution >= 4 is 19.8 Å². The van der Waals surface area contributed by atoms with Gasteiger partial charge in [0.05, 0.1) is 24.9 Å². The van der Waals surface area contributed by atoms with Gasteiger partial charge in [-0.1, -0.05) is 139 Å². The molecule has 49 heavy (non-hydrogen) atoms. The van der Waals surface area contributed by atoms with Gasteiger partial charge in [-0.05, 0) is 32.1 Å². The van der Waals surface area contributed by atoms with Gasteiger partial charge in [-0.25, -0.2) is 4.57 Å². The van der Waals surface area contributed by atoms with Crippen LogP contribution < -0.4 is 0 Å². The van der Waals surface area contributed by atoms with Gasteiger partial charge in [0.15, 0.2) is 6.10 Å². The van der Waals surface area contributed by atoms with Gasteiger partial charge in [-0.15, -0.1) is 0 Å². The zero-order valence-corrected chi connectivity index (χ0v) is 30.5. The number of phosphoric ester groups is 1. The van der Waals surface area contributed by atoms with E-state index in [4.69, 9.17) is 19.3 Å². The van der Waals surface area contributed by atoms with Crippen LogP contribution in [0.1, 0.15) is 123 Å². The van der Waals surface area contributed by atoms with Crippen molar-refractivity contribution in [1.29, 1.82) is 0 Å². The summed E-state index contributed by atoms with van der Waals surface area (Å²) >= 11 is 0. The van der Waals surface area contributed by atoms with Crippen molar-refractivity contribution in [2.75, 3.05) is 13.2 Å². The van der Waals surface area contributed by atoms with Crippen LogP contribution in [0.3, 0.4) is 0 Å². The maximum absolute atomic E-state index is 12.3. The molecule has 0 heterocycles. The van der Waals surface area contributed by atoms with Crippen molar-refractivity contribution < 1.29 is 53.3 Å². The molecule has 0 radical (unpaired) electrons. The summed E-state index contributed by atoms with van der Waals surface area (Å²) < 4.78 is 26.0. The lowest BCUT2D eigenvalue weighted by molar-refractivity contribution is -0.161. The molecule has 0 aliphatic heterocycles. The van der Waals surface area contributed by atoms with E-state index in [1.165, 1.54) is 51.0 Å². The molecule has 0 rings (SSSR count). The number of carbonyl (C=O) groups is 2. The number of unbranched alkanes of at least 4 members (excludes halogenated alkanes) is 10. The summed E-state index contributed by atoms with van der Waals surface area (Å²) in [7, 11) is -4.83. The summed E-state index contributed by atoms with van der Waals surface area (Å²) in [6, 6.07) is 0. The van der Waals surface area contributed by atoms with Gasteiger partial charge in [0.1, 0.15) is 6.61 Å². The Labute approximate surface area is 294 Å². The zero-order chi connectivity index (χ0) is 36.6. The van der Waals surface area contributed by atoms with E-state index in [1.807, 2.05) is 19.1 Å². The first-order valence-corrected chi connectivity index (χ1v) is 19.4. The second-order valence-electron chi connectivity index (χ2n) is 12.0. The summed E-state index contributed by atoms with van der Waals surface area (Å²) in [6.07, 6.45) is 27.6. The van der Waals surface area contributed by atoms with E-state index in [-0.39, 0.29) is 25.7 Å². The van der Waals surface area contributed by atoms with Crippen LogP contribution in [0.15, 0.2) is 60.8 Å². The van der Waals surface area contributed by atoms with E-state index in [0.29, 0.717) is 12.8 Å². The number of ether oxygens (including phenoxy) is 2. The molecule has 4 atom stereocenters. The molecule has 5 N–H and O–H groups in total. The monoisotopic (exact) mass is 714 g/mol. The summed E-state index contributed by atoms with van der Waals surface area (Å²) in [5.74, 6) is -1.22. The van der Waals surface area contributed by atoms with Crippen LogP contribution in [0.4, 0.5) is 0 Å². The smallest absolute Gasteiger partial charge is 0.462 e. The number of aliphatic hydroxyl groups excluding tert-OH is 3. The highest BCUT2D eigenvalue weighted by atomic mass is 31.2. The molecule has 0 aliphatic rings. The van der Waals surface area contributed by atoms with Crippen LogP contribution in [0, 0.1) is 0 Å². The Hall–Kier alpha value is -2.37. The molecule has 0 spiro atoms. The minimum absolute atomic E-state index is 0.0892. The van der Waals surface area contributed by atoms with Crippen LogP contribution >= 0.6 is 7.82 Å². The Bertz CT molecular complexity index is 1030. The molecule has 0 bridgehead atoms. The lowest BCUT2D eigenvalue weighted by Gasteiger charge is -2.18. The predicted octanol–water partition coefficient (Wildman–Crippen LogP) is 7.09. The second kappa shape index (κ2) is 31.6. The fraction of sp³-hybridized carbons (Fsp3) is 0.676. The van der Waals surface area contributed by atoms with E-state index in [9.17, 15) is 29.5 Å². The average molecular weight is 715 g/mol. The van der Waals surface area contributed by atoms with Crippen LogP contribution in [-0.4, -0.2) is 74.7 Å². The number of esters is 2. The normalized spacial score (nSPS) is 15.2. The van der Waals surface area contributed by atoms with Crippen LogP contribution in [0.25, 0.3) is 0 Å². The lowest BCUT2D eigenvalue weighted by Crippen LogP contribution is -2.29. The number of rotatable bonds is 31. The highest BCUT2D eigenvalue weighted by molar-refractivity contribution is 7.46. The van der Waals surface area contributed by atoms with Crippen molar-refractivity contribution in [3.8, 4) is 0 Å². The van der Waals surface area contributed by atoms with E-state index in [0.717, 1.165) is 25.7 Å². The van der Waals surface area contributed by atoms with Crippen LogP contribution in [0.2, 0.25) is 0 Å². The Balaban J connectivity index is 4.38. The SMILES string of the molecule is CC/C=C\C[C@@H](O)/C=C/C=C/C=C\C=C/[C@H](O)[C@@H](O)CCCC(=O)OC[C@H](COP(=O)(O)O)OC(=O)CCCCCCCCCCCCC. The largest absolute Gasteiger partial charge is 0.469 e. The predicted molar refractivity (Wildman–Crippen MR) is 192 cm³/mol. The molecular formula is C37H63O11P. The third-order valence-electron chi connectivity index (χ3n) is 7.39. The standard InChI is InChI=1S/C37H63O11P/c1-3-5-7-8-9-10-11-12-13-18-22-28-37(42)48-33(31-47-49(43,44)45)30-46-36(41)29-23-27-35(40)34(39)26-21-17-15-14-16-20-25-32(38)24-19-6-4-2/h6,14-17,19-21,25-26,32-35,38-40H,3-5,7-13,18,22-24,27-31H2,1-2H3,(H2,43,44,45)/b16-14+,17-15-,19-6-,25-20+,26-21-/t32-,33-,34+,35+/m1/s1. The molecule has 0 aromatic rings. The van der Waals surface area contributed by atoms with E-state index >= 15 is 0 Å². The maximum atomic E-state index is 12.3. The van der Waals surface area contributed by atoms with Crippen molar-refractivity contribution in [1.82, 2.24) is 0 Å². The van der Waals surface area contributed by atoms with Gasteiger partial charge < -0.3 is 34.6 Å². The average Bonchev–Trinajstić information content (AvgIpc) is 3.05. The van der Waals surface area contributed by atoms with Gasteiger partial charge in [-0.3, -0.25) is 14.1 Å². The minimum atomic E-state index is -4.83. The molecule has 0 unspecified atom stereocenters. The molecule has 0 amide bonds. The van der Waals surface area contributed by atoms with E-state index in [2.05, 4.69) is 11.4 Å². The fourth-order valence-electron chi connectivity index (χ4n) is 4.60. The maximum Gasteiger partial charge on any atom is 0.469 e. The summed E-state index contributed by atoms with van der Waals surface area (Å²) in [6.45, 7) is 3.16. The van der Waals surface area contributed by atoms with Gasteiger partial charge in [0.25, 0.3) is 0 Å². The topological polar surface area (TPSA) is 180 Å². The molecule has 0 aliphatic carbocycles. The highest BCUT2D eigenvalue weighted by Crippen LogP contribution is 2.36. The van der Waals surface area contributed by atoms with Crippen molar-refractivity contribution in [3.05, 3.63) is 60.8 Å². The van der Waals surface area contributed by atoms with Gasteiger partial charge in [0.2, 0.25) is 0 Å². The van der Waals surface area contributed by atoms with Gasteiger partial charge in [0, 0.05) is 12.8 Å². The Morgan fingerprint density at radius 1 is 0.673 bits per heavy atom. The highest BCUT2D eigenvalue weighted by Gasteiger charge is 2.23. The van der Waals surface area contributed by atoms with Gasteiger partial charge in [-0.2, -0.15) is 0 Å². The molecular weight excluding hydrogens is 651 g/mol. The molecule has 0 aromatic carbocycles. The summed E-state index contributed by atoms with van der Waals surface area (Å²) in [5.41, 5.74) is 0. The number of aliphatic hydroxyl groups is 3. The first-order chi connectivity index (χ1) is 23.5. The quantitative estimate of drug-likeness (QED) is 0.0163. The minimum Gasteiger partial charge on any atom is -0.462 e. The fourth-order valence-corrected chi connectivity index (χ4v) is 4.96. The van der Waals surface area contributed by atoms with Crippen molar-refractivity contribution in [3.63, 3.8) is 0 Å². The molecule has 0 saturated heterocycles. The van der Waals surface area contributed by atoms with Crippen molar-refractivity contribution in [2.45, 2.75) is 147 Å². The first kappa shape index (κ1) is 46.6. The molecule has 11 nitrogen and oxygen atoms in total. The number of carbonyl (C=O) groups excluding carboxylic acids is 2. The zero-order valence-electron chi connectivity index (χ0n) is 29.7. The summed E-state index contributed by atoms with van der Waals surface area (Å²) in [4.78, 5) is 42.6. The lowest BCUT2D eigenvalue weighted by atomic mass is 10.1. The number of phosphoric acid groups is 1. The Morgan fingerprint density at radius 3 is 1.82 bits per heavy atom. The van der Waals surface area contributed by atoms with Crippen LogP contribution in [-0.2, 0) is 28.2 Å². The molecule has 0 fully saturated rings. The van der Waals surface area contributed by atoms with E-state index in [1.54, 1.807) is 42.5 Å². The summed E-state index contributed by atoms with van der Waals surface area (Å²) in [5, 5.41) is 30.1. The molecule has 12 heteroatoms. The number of hydrogen-bond donors (Lipinski definition) is 5. The van der Waals surface area contributed by atoms with Crippen LogP contribution in [0.5, 0.6) is 0 Å². The van der Waals surface area contributed by atoms with E-state index < -0.39 is 57.4 Å².